The molecule has 0 radical (unpaired) electrons. The summed E-state index contributed by atoms with van der Waals surface area (Å²) in [4.78, 5) is 36.4. The van der Waals surface area contributed by atoms with Gasteiger partial charge in [-0.1, -0.05) is 36.4 Å². The molecule has 33 heavy (non-hydrogen) atoms. The summed E-state index contributed by atoms with van der Waals surface area (Å²) in [6, 6.07) is 16.9. The van der Waals surface area contributed by atoms with Crippen LogP contribution >= 0.6 is 0 Å². The van der Waals surface area contributed by atoms with Crippen LogP contribution < -0.4 is 16.4 Å². The van der Waals surface area contributed by atoms with Crippen LogP contribution in [0.5, 0.6) is 0 Å². The highest BCUT2D eigenvalue weighted by Crippen LogP contribution is 2.31. The van der Waals surface area contributed by atoms with Crippen LogP contribution in [0.1, 0.15) is 27.6 Å². The predicted molar refractivity (Wildman–Crippen MR) is 114 cm³/mol. The molecule has 170 valence electrons. The largest absolute Gasteiger partial charge is 0.444 e. The third kappa shape index (κ3) is 6.33. The molecule has 0 aromatic heterocycles. The Kier molecular flexibility index (Phi) is 6.97. The summed E-state index contributed by atoms with van der Waals surface area (Å²) in [6.07, 6.45) is -6.02. The summed E-state index contributed by atoms with van der Waals surface area (Å²) >= 11 is 0. The lowest BCUT2D eigenvalue weighted by Gasteiger charge is -2.19. The van der Waals surface area contributed by atoms with Gasteiger partial charge >= 0.3 is 18.2 Å². The van der Waals surface area contributed by atoms with Crippen LogP contribution in [0.2, 0.25) is 0 Å². The van der Waals surface area contributed by atoms with Crippen LogP contribution in [0.3, 0.4) is 0 Å². The van der Waals surface area contributed by atoms with Gasteiger partial charge in [0.05, 0.1) is 11.1 Å². The second kappa shape index (κ2) is 9.86. The number of rotatable bonds is 6. The highest BCUT2D eigenvalue weighted by molar-refractivity contribution is 5.98. The first-order valence-corrected chi connectivity index (χ1v) is 9.54. The second-order valence-electron chi connectivity index (χ2n) is 6.83. The monoisotopic (exact) mass is 457 g/mol. The summed E-state index contributed by atoms with van der Waals surface area (Å²) in [7, 11) is 0. The quantitative estimate of drug-likeness (QED) is 0.465. The Morgan fingerprint density at radius 3 is 2.09 bits per heavy atom. The molecule has 0 heterocycles. The Labute approximate surface area is 186 Å². The number of nitrogens with two attached hydrogens (primary N) is 1. The van der Waals surface area contributed by atoms with Crippen LogP contribution in [0.25, 0.3) is 0 Å². The van der Waals surface area contributed by atoms with Crippen molar-refractivity contribution in [2.24, 2.45) is 5.73 Å². The van der Waals surface area contributed by atoms with Crippen molar-refractivity contribution in [3.63, 3.8) is 0 Å². The van der Waals surface area contributed by atoms with Crippen molar-refractivity contribution >= 4 is 29.3 Å². The molecular formula is C23H18F3N3O4. The van der Waals surface area contributed by atoms with Gasteiger partial charge < -0.3 is 21.1 Å². The van der Waals surface area contributed by atoms with E-state index in [-0.39, 0.29) is 11.3 Å². The maximum absolute atomic E-state index is 13.0. The van der Waals surface area contributed by atoms with E-state index in [1.807, 2.05) is 0 Å². The normalized spacial score (nSPS) is 11.8. The zero-order chi connectivity index (χ0) is 24.0. The summed E-state index contributed by atoms with van der Waals surface area (Å²) in [5, 5.41) is 4.70. The van der Waals surface area contributed by atoms with Gasteiger partial charge in [0.25, 0.3) is 5.91 Å². The van der Waals surface area contributed by atoms with Crippen LogP contribution in [0, 0.1) is 0 Å². The number of halogens is 3. The maximum atomic E-state index is 13.0. The lowest BCUT2D eigenvalue weighted by Crippen LogP contribution is -2.26. The molecule has 3 aromatic carbocycles. The van der Waals surface area contributed by atoms with E-state index in [0.29, 0.717) is 11.3 Å². The lowest BCUT2D eigenvalue weighted by atomic mass is 10.1. The van der Waals surface area contributed by atoms with E-state index in [2.05, 4.69) is 10.6 Å². The SMILES string of the molecule is NC(=O)Nc1ccc(C(=O)OC(C(=O)Nc2cccc(C(F)(F)F)c2)c2ccccc2)cc1. The number of alkyl halides is 3. The fraction of sp³-hybridized carbons (Fsp3) is 0.0870. The number of anilines is 2. The Morgan fingerprint density at radius 1 is 0.818 bits per heavy atom. The molecule has 0 saturated heterocycles. The lowest BCUT2D eigenvalue weighted by molar-refractivity contribution is -0.137. The number of ether oxygens (including phenoxy) is 1. The minimum absolute atomic E-state index is 0.0813. The number of primary amides is 1. The van der Waals surface area contributed by atoms with Gasteiger partial charge in [-0.25, -0.2) is 9.59 Å². The van der Waals surface area contributed by atoms with Gasteiger partial charge in [0.15, 0.2) is 0 Å². The average Bonchev–Trinajstić information content (AvgIpc) is 2.77. The molecule has 4 N–H and O–H groups in total. The van der Waals surface area contributed by atoms with Gasteiger partial charge in [0.1, 0.15) is 0 Å². The average molecular weight is 457 g/mol. The molecule has 3 rings (SSSR count). The van der Waals surface area contributed by atoms with E-state index in [1.54, 1.807) is 30.3 Å². The number of esters is 1. The van der Waals surface area contributed by atoms with Crippen LogP contribution in [-0.2, 0) is 15.7 Å². The number of urea groups is 1. The van der Waals surface area contributed by atoms with E-state index in [9.17, 15) is 27.6 Å². The van der Waals surface area contributed by atoms with Crippen molar-refractivity contribution in [3.05, 3.63) is 95.6 Å². The number of amides is 3. The van der Waals surface area contributed by atoms with Gasteiger partial charge in [-0.15, -0.1) is 0 Å². The molecule has 0 spiro atoms. The number of hydrogen-bond acceptors (Lipinski definition) is 4. The van der Waals surface area contributed by atoms with E-state index in [4.69, 9.17) is 10.5 Å². The summed E-state index contributed by atoms with van der Waals surface area (Å²) in [5.41, 5.74) is 4.75. The first kappa shape index (κ1) is 23.3. The van der Waals surface area contributed by atoms with Gasteiger partial charge in [-0.05, 0) is 42.5 Å². The molecule has 0 fully saturated rings. The third-order valence-electron chi connectivity index (χ3n) is 4.41. The van der Waals surface area contributed by atoms with Crippen LogP contribution in [0.15, 0.2) is 78.9 Å². The number of benzene rings is 3. The summed E-state index contributed by atoms with van der Waals surface area (Å²) in [5.74, 6) is -1.69. The Balaban J connectivity index is 1.81. The minimum Gasteiger partial charge on any atom is -0.444 e. The molecule has 7 nitrogen and oxygen atoms in total. The van der Waals surface area contributed by atoms with Crippen LogP contribution in [0.4, 0.5) is 29.3 Å². The molecule has 0 aliphatic heterocycles. The van der Waals surface area contributed by atoms with Gasteiger partial charge in [-0.3, -0.25) is 4.79 Å². The molecule has 3 aromatic rings. The first-order chi connectivity index (χ1) is 15.6. The topological polar surface area (TPSA) is 111 Å². The predicted octanol–water partition coefficient (Wildman–Crippen LogP) is 4.73. The molecule has 0 aliphatic rings. The second-order valence-corrected chi connectivity index (χ2v) is 6.83. The molecule has 1 atom stereocenters. The van der Waals surface area contributed by atoms with E-state index in [0.717, 1.165) is 18.2 Å². The standard InChI is InChI=1S/C23H18F3N3O4/c24-23(25,26)16-7-4-8-18(13-16)28-20(30)19(14-5-2-1-3-6-14)33-21(31)15-9-11-17(12-10-15)29-22(27)32/h1-13,19H,(H,28,30)(H3,27,29,32). The highest BCUT2D eigenvalue weighted by Gasteiger charge is 2.31. The van der Waals surface area contributed by atoms with Crippen LogP contribution in [-0.4, -0.2) is 17.9 Å². The maximum Gasteiger partial charge on any atom is 0.416 e. The van der Waals surface area contributed by atoms with Crippen molar-refractivity contribution in [1.82, 2.24) is 0 Å². The highest BCUT2D eigenvalue weighted by atomic mass is 19.4. The van der Waals surface area contributed by atoms with Crippen molar-refractivity contribution in [3.8, 4) is 0 Å². The molecule has 1 unspecified atom stereocenters. The van der Waals surface area contributed by atoms with E-state index < -0.39 is 35.8 Å². The van der Waals surface area contributed by atoms with Crippen molar-refractivity contribution < 1.29 is 32.3 Å². The van der Waals surface area contributed by atoms with Gasteiger partial charge in [-0.2, -0.15) is 13.2 Å². The Morgan fingerprint density at radius 2 is 1.48 bits per heavy atom. The van der Waals surface area contributed by atoms with Gasteiger partial charge in [0.2, 0.25) is 6.10 Å². The zero-order valence-electron chi connectivity index (χ0n) is 16.9. The third-order valence-corrected chi connectivity index (χ3v) is 4.41. The number of carbonyl (C=O) groups is 3. The fourth-order valence-corrected chi connectivity index (χ4v) is 2.89. The van der Waals surface area contributed by atoms with E-state index >= 15 is 0 Å². The molecular weight excluding hydrogens is 439 g/mol. The first-order valence-electron chi connectivity index (χ1n) is 9.54. The van der Waals surface area contributed by atoms with Crippen molar-refractivity contribution in [2.45, 2.75) is 12.3 Å². The zero-order valence-corrected chi connectivity index (χ0v) is 16.9. The van der Waals surface area contributed by atoms with Crippen molar-refractivity contribution in [1.29, 1.82) is 0 Å². The minimum atomic E-state index is -4.58. The number of carbonyl (C=O) groups excluding carboxylic acids is 3. The fourth-order valence-electron chi connectivity index (χ4n) is 2.89. The molecule has 10 heteroatoms. The molecule has 0 saturated carbocycles. The van der Waals surface area contributed by atoms with Crippen molar-refractivity contribution in [2.75, 3.05) is 10.6 Å². The number of hydrogen-bond donors (Lipinski definition) is 3. The summed E-state index contributed by atoms with van der Waals surface area (Å²) in [6.45, 7) is 0. The molecule has 0 bridgehead atoms. The van der Waals surface area contributed by atoms with Gasteiger partial charge in [0, 0.05) is 16.9 Å². The molecule has 3 amide bonds. The summed E-state index contributed by atoms with van der Waals surface area (Å²) < 4.78 is 44.3. The Hall–Kier alpha value is -4.34. The Bertz CT molecular complexity index is 1150. The molecule has 0 aliphatic carbocycles. The van der Waals surface area contributed by atoms with E-state index in [1.165, 1.54) is 30.3 Å². The smallest absolute Gasteiger partial charge is 0.416 e. The number of nitrogens with one attached hydrogen (secondary N) is 2.